The zero-order chi connectivity index (χ0) is 71.6. The van der Waals surface area contributed by atoms with Crippen molar-refractivity contribution in [1.29, 1.82) is 0 Å². The molecule has 105 heavy (non-hydrogen) atoms. The van der Waals surface area contributed by atoms with Crippen LogP contribution in [-0.2, 0) is 45.2 Å². The normalized spacial score (nSPS) is 21.9. The Morgan fingerprint density at radius 2 is 0.590 bits per heavy atom. The summed E-state index contributed by atoms with van der Waals surface area (Å²) < 4.78 is 27.5. The van der Waals surface area contributed by atoms with Gasteiger partial charge in [0.2, 0.25) is 0 Å². The van der Waals surface area contributed by atoms with Gasteiger partial charge in [-0.05, 0) is 132 Å². The minimum absolute atomic E-state index is 0. The van der Waals surface area contributed by atoms with Gasteiger partial charge in [0.1, 0.15) is 46.0 Å². The molecule has 0 aliphatic carbocycles. The summed E-state index contributed by atoms with van der Waals surface area (Å²) >= 11 is 0. The van der Waals surface area contributed by atoms with Crippen LogP contribution in [0.1, 0.15) is 22.3 Å². The summed E-state index contributed by atoms with van der Waals surface area (Å²) in [6, 6.07) is 53.9. The van der Waals surface area contributed by atoms with Crippen LogP contribution in [0.25, 0.3) is 89.7 Å². The van der Waals surface area contributed by atoms with Gasteiger partial charge in [0.25, 0.3) is 0 Å². The number of hydrogen-bond acceptors (Lipinski definition) is 10. The van der Waals surface area contributed by atoms with Crippen LogP contribution >= 0.6 is 0 Å². The summed E-state index contributed by atoms with van der Waals surface area (Å²) in [5, 5.41) is 0.462. The summed E-state index contributed by atoms with van der Waals surface area (Å²) in [5.41, 5.74) is 7.14. The number of rotatable bonds is 24. The van der Waals surface area contributed by atoms with Gasteiger partial charge in [0.05, 0.1) is 89.5 Å². The Balaban J connectivity index is 0.00000847. The topological polar surface area (TPSA) is 142 Å². The van der Waals surface area contributed by atoms with Crippen LogP contribution in [0.5, 0.6) is 46.0 Å². The van der Waals surface area contributed by atoms with Crippen molar-refractivity contribution in [3.8, 4) is 91.5 Å². The van der Waals surface area contributed by atoms with Gasteiger partial charge in [-0.1, -0.05) is 97.1 Å². The first-order valence-corrected chi connectivity index (χ1v) is 34.4. The van der Waals surface area contributed by atoms with E-state index in [-0.39, 0.29) is 115 Å². The molecule has 8 unspecified atom stereocenters. The van der Waals surface area contributed by atoms with Crippen LogP contribution in [0.15, 0.2) is 170 Å². The average molecular weight is 1360 g/mol. The van der Waals surface area contributed by atoms with E-state index >= 15 is 0 Å². The van der Waals surface area contributed by atoms with Gasteiger partial charge in [0, 0.05) is 166 Å². The Morgan fingerprint density at radius 3 is 0.867 bits per heavy atom. The van der Waals surface area contributed by atoms with E-state index in [4.69, 9.17) is 152 Å². The Labute approximate surface area is 647 Å². The number of benzene rings is 8. The van der Waals surface area contributed by atoms with Crippen molar-refractivity contribution in [3.63, 3.8) is 0 Å². The van der Waals surface area contributed by atoms with Gasteiger partial charge in [-0.15, -0.1) is 43.7 Å². The molecular weight excluding hydrogens is 1320 g/mol. The summed E-state index contributed by atoms with van der Waals surface area (Å²) in [5.74, 6) is 4.93. The first-order chi connectivity index (χ1) is 50.6. The predicted molar refractivity (Wildman–Crippen MR) is 439 cm³/mol. The van der Waals surface area contributed by atoms with E-state index < -0.39 is 20.9 Å². The number of fused-ring (bicyclic) bond motifs is 20. The fourth-order valence-electron chi connectivity index (χ4n) is 16.0. The van der Waals surface area contributed by atoms with Crippen molar-refractivity contribution in [2.75, 3.05) is 0 Å². The molecule has 8 bridgehead atoms. The van der Waals surface area contributed by atoms with Crippen molar-refractivity contribution in [1.82, 2.24) is 39.9 Å². The Bertz CT molecular complexity index is 5050. The molecular formula is C68H40B24N8O4Zn. The number of nitrogens with zero attached hydrogens (tertiary/aromatic N) is 8. The zero-order valence-electron chi connectivity index (χ0n) is 57.1. The third kappa shape index (κ3) is 12.3. The van der Waals surface area contributed by atoms with E-state index in [2.05, 4.69) is 0 Å². The van der Waals surface area contributed by atoms with Crippen molar-refractivity contribution in [2.24, 2.45) is 0 Å². The second-order valence-electron chi connectivity index (χ2n) is 28.0. The molecule has 0 spiro atoms. The van der Waals surface area contributed by atoms with Gasteiger partial charge in [-0.25, -0.2) is 9.97 Å². The predicted octanol–water partition coefficient (Wildman–Crippen LogP) is 6.56. The summed E-state index contributed by atoms with van der Waals surface area (Å²) in [6.07, 6.45) is 2.38. The SMILES string of the molecule is [B][11B]C1[11B]([B])C1([11B][B])Cc1ccc(Oc2cccc3c2-c2nc-3nc3[n-]c(nc4nc(nc5[n-]c(n2)c2c(Oc6ccc(CC7([11B][B])[11B]([B])C7[11B][B])cc6)cccc52)-c2cccc(Oc5ccc(CC6([11B][B])[11B]([B])C6[11B][B])cc5)c2-4)c2c(Oc4ccc(CC5([11B][B])[11B]([B])C5[11B][B])cc4)cccc32)cc1.[Zn+2]. The Morgan fingerprint density at radius 1 is 0.324 bits per heavy atom. The van der Waals surface area contributed by atoms with Crippen LogP contribution in [0.3, 0.4) is 0 Å². The smallest absolute Gasteiger partial charge is 0.457 e. The van der Waals surface area contributed by atoms with Crippen LogP contribution < -0.4 is 28.9 Å². The maximum absolute atomic E-state index is 6.89. The van der Waals surface area contributed by atoms with E-state index in [1.54, 1.807) is 57.4 Å². The van der Waals surface area contributed by atoms with E-state index in [0.29, 0.717) is 115 Å². The molecule has 9 heterocycles. The molecule has 0 N–H and O–H groups in total. The molecule has 6 aliphatic rings. The molecule has 11 aromatic rings. The molecule has 4 saturated heterocycles. The van der Waals surface area contributed by atoms with E-state index in [0.717, 1.165) is 22.3 Å². The van der Waals surface area contributed by atoms with Crippen molar-refractivity contribution in [3.05, 3.63) is 192 Å². The average Bonchev–Trinajstić information content (AvgIpc) is 1.57. The molecule has 3 aromatic heterocycles. The van der Waals surface area contributed by atoms with E-state index in [9.17, 15) is 0 Å². The molecule has 32 radical (unpaired) electrons. The van der Waals surface area contributed by atoms with Crippen molar-refractivity contribution in [2.45, 2.75) is 69.4 Å². The second-order valence-corrected chi connectivity index (χ2v) is 28.0. The van der Waals surface area contributed by atoms with Gasteiger partial charge in [0.15, 0.2) is 0 Å². The van der Waals surface area contributed by atoms with Crippen LogP contribution in [-0.4, -0.2) is 207 Å². The van der Waals surface area contributed by atoms with Gasteiger partial charge < -0.3 is 48.9 Å². The third-order valence-electron chi connectivity index (χ3n) is 22.4. The Kier molecular flexibility index (Phi) is 19.3. The number of ether oxygens (including phenoxy) is 4. The maximum atomic E-state index is 6.89. The van der Waals surface area contributed by atoms with Crippen molar-refractivity contribution < 1.29 is 38.4 Å². The minimum Gasteiger partial charge on any atom is -0.457 e. The molecule has 6 aliphatic heterocycles. The van der Waals surface area contributed by atoms with E-state index in [1.807, 2.05) is 170 Å². The quantitative estimate of drug-likeness (QED) is 0.0605. The van der Waals surface area contributed by atoms with Gasteiger partial charge >= 0.3 is 19.5 Å². The van der Waals surface area contributed by atoms with Crippen molar-refractivity contribution >= 4 is 221 Å². The summed E-state index contributed by atoms with van der Waals surface area (Å²) in [7, 11) is 87.9. The monoisotopic (exact) mass is 1360 g/mol. The third-order valence-corrected chi connectivity index (χ3v) is 22.4. The fraction of sp³-hybridized carbons (Fsp3) is 0.176. The first-order valence-electron chi connectivity index (χ1n) is 34.4. The molecule has 0 saturated carbocycles. The largest absolute Gasteiger partial charge is 2.00 e. The fourth-order valence-corrected chi connectivity index (χ4v) is 16.0. The van der Waals surface area contributed by atoms with Gasteiger partial charge in [-0.2, -0.15) is 0 Å². The molecule has 8 atom stereocenters. The van der Waals surface area contributed by atoms with Crippen LogP contribution in [0.4, 0.5) is 0 Å². The zero-order valence-corrected chi connectivity index (χ0v) is 60.0. The Hall–Kier alpha value is -7.50. The second kappa shape index (κ2) is 28.3. The molecule has 4 fully saturated rings. The molecule has 17 rings (SSSR count). The summed E-state index contributed by atoms with van der Waals surface area (Å²) in [6.45, 7) is -0.749. The number of hydrogen-bond donors (Lipinski definition) is 0. The molecule has 12 nitrogen and oxygen atoms in total. The standard InChI is InChI=1S/C68H40B24N8O4.Zn/c69-81-61-65(85-73,89(61)77)29-33-13-21-37(22-14-33)101-45-9-1-5-41-49(45)57-95-53(41)93-54-42-6-2-10-46(102-38-23-15-34(16-24-38)30-66(86-74)62(82-70)90(66)78)50(42)59(96-54)100-60-52-44(8-4-12-48(52)104-40-27-19-36(20-28-40)32-68(88-76)64(84-72)92(68)80)56(98-60)94-55-43-7-3-11-47(51(43)58(97-55)99-57)103-39-25-17-35(18-26-39)31-67(87-75)63(83-71)91(67)79;/h1-28,61-64H,29-32H2;/q-2;+2/i81+0,82+0,83+0,84+0,85+0,86+0,87+0,88+0,89+0,90+0,91+0,92+0;. The first kappa shape index (κ1) is 71.7. The van der Waals surface area contributed by atoms with E-state index in [1.165, 1.54) is 0 Å². The summed E-state index contributed by atoms with van der Waals surface area (Å²) in [4.78, 5) is 42.8. The minimum atomic E-state index is -0.448. The maximum Gasteiger partial charge on any atom is 2.00 e. The molecule has 37 heteroatoms. The molecule has 8 aromatic carbocycles. The van der Waals surface area contributed by atoms with Crippen LogP contribution in [0.2, 0.25) is 43.7 Å². The molecule has 0 amide bonds. The van der Waals surface area contributed by atoms with Gasteiger partial charge in [-0.3, -0.25) is 0 Å². The molecule has 450 valence electrons. The van der Waals surface area contributed by atoms with Crippen LogP contribution in [0, 0.1) is 0 Å². The number of aromatic nitrogens is 8.